The highest BCUT2D eigenvalue weighted by Gasteiger charge is 2.26. The van der Waals surface area contributed by atoms with Crippen LogP contribution in [0.2, 0.25) is 0 Å². The molecule has 0 saturated heterocycles. The molecule has 0 aliphatic heterocycles. The molecule has 0 radical (unpaired) electrons. The van der Waals surface area contributed by atoms with E-state index in [0.29, 0.717) is 0 Å². The van der Waals surface area contributed by atoms with Gasteiger partial charge in [0.2, 0.25) is 0 Å². The summed E-state index contributed by atoms with van der Waals surface area (Å²) in [6.45, 7) is 1.70. The first kappa shape index (κ1) is 9.28. The van der Waals surface area contributed by atoms with Crippen LogP contribution in [0.15, 0.2) is 0 Å². The lowest BCUT2D eigenvalue weighted by Gasteiger charge is -1.99. The summed E-state index contributed by atoms with van der Waals surface area (Å²) in [6.07, 6.45) is 0. The van der Waals surface area contributed by atoms with Gasteiger partial charge in [-0.1, -0.05) is 0 Å². The van der Waals surface area contributed by atoms with Gasteiger partial charge >= 0.3 is 11.6 Å². The lowest BCUT2D eigenvalue weighted by atomic mass is 10.9. The van der Waals surface area contributed by atoms with Crippen LogP contribution >= 0.6 is 28.3 Å². The first-order valence-corrected chi connectivity index (χ1v) is 5.67. The van der Waals surface area contributed by atoms with Gasteiger partial charge in [0.1, 0.15) is 0 Å². The van der Waals surface area contributed by atoms with E-state index in [1.165, 1.54) is 0 Å². The van der Waals surface area contributed by atoms with E-state index in [9.17, 15) is 9.36 Å². The molecule has 3 nitrogen and oxygen atoms in total. The highest BCUT2D eigenvalue weighted by molar-refractivity contribution is 8.18. The minimum absolute atomic E-state index is 0.127. The molecule has 0 atom stereocenters. The fourth-order valence-electron chi connectivity index (χ4n) is 0.199. The Labute approximate surface area is 62.2 Å². The number of hydrogen-bond donors (Lipinski definition) is 0. The molecule has 0 N–H and O–H groups in total. The van der Waals surface area contributed by atoms with Crippen LogP contribution in [-0.4, -0.2) is 12.3 Å². The van der Waals surface area contributed by atoms with Crippen molar-refractivity contribution in [2.75, 3.05) is 6.61 Å². The Bertz CT molecular complexity index is 151. The maximum absolute atomic E-state index is 10.4. The highest BCUT2D eigenvalue weighted by Crippen LogP contribution is 2.57. The van der Waals surface area contributed by atoms with Gasteiger partial charge in [-0.3, -0.25) is 4.57 Å². The summed E-state index contributed by atoms with van der Waals surface area (Å²) in [5.74, 6) is -3.69. The van der Waals surface area contributed by atoms with Gasteiger partial charge in [-0.15, -0.1) is 0 Å². The first-order chi connectivity index (χ1) is 3.98. The number of halogens is 2. The molecule has 0 aromatic rings. The molecule has 54 valence electrons. The summed E-state index contributed by atoms with van der Waals surface area (Å²) in [4.78, 5) is 10.3. The van der Waals surface area contributed by atoms with E-state index in [2.05, 4.69) is 4.74 Å². The molecule has 9 heavy (non-hydrogen) atoms. The van der Waals surface area contributed by atoms with Crippen molar-refractivity contribution >= 4 is 34.0 Å². The van der Waals surface area contributed by atoms with Crippen LogP contribution in [0.5, 0.6) is 0 Å². The van der Waals surface area contributed by atoms with Gasteiger partial charge in [0, 0.05) is 0 Å². The molecule has 0 spiro atoms. The molecule has 0 aromatic carbocycles. The lowest BCUT2D eigenvalue weighted by Crippen LogP contribution is -1.95. The smallest absolute Gasteiger partial charge is 0.395 e. The summed E-state index contributed by atoms with van der Waals surface area (Å²) < 4.78 is 14.6. The van der Waals surface area contributed by atoms with Crippen LogP contribution in [0.1, 0.15) is 6.92 Å². The van der Waals surface area contributed by atoms with Gasteiger partial charge in [0.05, 0.1) is 6.61 Å². The Morgan fingerprint density at radius 1 is 1.67 bits per heavy atom. The largest absolute Gasteiger partial charge is 0.459 e. The first-order valence-electron chi connectivity index (χ1n) is 2.15. The molecule has 0 unspecified atom stereocenters. The number of ether oxygens (including phenoxy) is 1. The summed E-state index contributed by atoms with van der Waals surface area (Å²) in [5.41, 5.74) is -1.05. The fraction of sp³-hybridized carbons (Fsp3) is 0.667. The van der Waals surface area contributed by atoms with Crippen LogP contribution in [0.3, 0.4) is 0 Å². The Hall–Kier alpha value is 0.280. The maximum Gasteiger partial charge on any atom is 0.395 e. The fourth-order valence-corrected chi connectivity index (χ4v) is 0.771. The Morgan fingerprint density at radius 2 is 2.11 bits per heavy atom. The SMILES string of the molecule is CCO[14C](=O)P(=O)(Cl)Cl. The van der Waals surface area contributed by atoms with Crippen LogP contribution in [0.4, 0.5) is 4.79 Å². The molecule has 0 amide bonds. The molecule has 0 aliphatic rings. The second-order valence-electron chi connectivity index (χ2n) is 1.16. The molecule has 0 aromatic heterocycles. The van der Waals surface area contributed by atoms with Crippen molar-refractivity contribution in [3.63, 3.8) is 0 Å². The zero-order chi connectivity index (χ0) is 7.49. The van der Waals surface area contributed by atoms with E-state index in [4.69, 9.17) is 22.5 Å². The monoisotopic (exact) mass is 192 g/mol. The number of hydrogen-bond acceptors (Lipinski definition) is 3. The number of carbonyl (C=O) groups is 1. The standard InChI is InChI=1S/C3H5Cl2O3P/c1-2-8-3(6)9(4,5)7/h2H2,1H3/i3+2. The minimum atomic E-state index is -3.69. The zero-order valence-corrected chi connectivity index (χ0v) is 7.04. The summed E-state index contributed by atoms with van der Waals surface area (Å²) >= 11 is 9.82. The van der Waals surface area contributed by atoms with Crippen molar-refractivity contribution < 1.29 is 14.1 Å². The third-order valence-corrected chi connectivity index (χ3v) is 1.86. The summed E-state index contributed by atoms with van der Waals surface area (Å²) in [6, 6.07) is 0. The van der Waals surface area contributed by atoms with Gasteiger partial charge in [-0.25, -0.2) is 4.79 Å². The maximum atomic E-state index is 10.4. The molecule has 0 rings (SSSR count). The van der Waals surface area contributed by atoms with Crippen molar-refractivity contribution in [3.8, 4) is 0 Å². The van der Waals surface area contributed by atoms with Gasteiger partial charge < -0.3 is 4.74 Å². The summed E-state index contributed by atoms with van der Waals surface area (Å²) in [7, 11) is 0. The van der Waals surface area contributed by atoms with Crippen molar-refractivity contribution in [1.29, 1.82) is 0 Å². The van der Waals surface area contributed by atoms with E-state index in [1.54, 1.807) is 6.92 Å². The molecule has 6 heteroatoms. The van der Waals surface area contributed by atoms with Crippen LogP contribution in [0, 0.1) is 0 Å². The van der Waals surface area contributed by atoms with Crippen LogP contribution < -0.4 is 0 Å². The van der Waals surface area contributed by atoms with Gasteiger partial charge in [-0.2, -0.15) is 0 Å². The average Bonchev–Trinajstić information content (AvgIpc) is 1.64. The third kappa shape index (κ3) is 3.79. The van der Waals surface area contributed by atoms with Crippen LogP contribution in [0.25, 0.3) is 0 Å². The summed E-state index contributed by atoms with van der Waals surface area (Å²) in [5, 5.41) is 0. The van der Waals surface area contributed by atoms with E-state index in [-0.39, 0.29) is 6.61 Å². The Balaban J connectivity index is 3.90. The minimum Gasteiger partial charge on any atom is -0.459 e. The van der Waals surface area contributed by atoms with Crippen molar-refractivity contribution in [1.82, 2.24) is 0 Å². The molecular formula is C3H5Cl2O3P. The zero-order valence-electron chi connectivity index (χ0n) is 4.63. The van der Waals surface area contributed by atoms with E-state index >= 15 is 0 Å². The van der Waals surface area contributed by atoms with Crippen molar-refractivity contribution in [3.05, 3.63) is 0 Å². The molecular weight excluding hydrogens is 188 g/mol. The predicted molar refractivity (Wildman–Crippen MR) is 36.3 cm³/mol. The third-order valence-electron chi connectivity index (χ3n) is 0.480. The molecule has 0 bridgehead atoms. The Morgan fingerprint density at radius 3 is 2.22 bits per heavy atom. The Kier molecular flexibility index (Phi) is 3.56. The van der Waals surface area contributed by atoms with E-state index < -0.39 is 11.6 Å². The average molecular weight is 193 g/mol. The molecule has 0 fully saturated rings. The van der Waals surface area contributed by atoms with E-state index in [1.807, 2.05) is 0 Å². The normalized spacial score (nSPS) is 11.0. The van der Waals surface area contributed by atoms with Crippen molar-refractivity contribution in [2.45, 2.75) is 6.92 Å². The topological polar surface area (TPSA) is 43.4 Å². The lowest BCUT2D eigenvalue weighted by molar-refractivity contribution is 0.179. The van der Waals surface area contributed by atoms with Crippen LogP contribution in [-0.2, 0) is 9.30 Å². The number of rotatable bonds is 2. The second-order valence-corrected chi connectivity index (χ2v) is 5.83. The van der Waals surface area contributed by atoms with Gasteiger partial charge in [0.15, 0.2) is 0 Å². The predicted octanol–water partition coefficient (Wildman–Crippen LogP) is 2.81. The van der Waals surface area contributed by atoms with Gasteiger partial charge in [-0.05, 0) is 29.4 Å². The van der Waals surface area contributed by atoms with Crippen molar-refractivity contribution in [2.24, 2.45) is 0 Å². The second kappa shape index (κ2) is 3.45. The van der Waals surface area contributed by atoms with E-state index in [0.717, 1.165) is 0 Å². The number of carbonyl (C=O) groups excluding carboxylic acids is 1. The molecule has 0 heterocycles. The quantitative estimate of drug-likeness (QED) is 0.633. The molecule has 0 aliphatic carbocycles. The highest BCUT2D eigenvalue weighted by atomic mass is 35.9. The van der Waals surface area contributed by atoms with Gasteiger partial charge in [0.25, 0.3) is 0 Å². The molecule has 0 saturated carbocycles.